The van der Waals surface area contributed by atoms with Crippen molar-refractivity contribution in [3.05, 3.63) is 35.1 Å². The predicted octanol–water partition coefficient (Wildman–Crippen LogP) is 4.81. The number of H-pyrrole nitrogens is 1. The van der Waals surface area contributed by atoms with Crippen LogP contribution in [0.1, 0.15) is 32.3 Å². The van der Waals surface area contributed by atoms with Crippen molar-refractivity contribution < 1.29 is 18.0 Å². The van der Waals surface area contributed by atoms with Gasteiger partial charge < -0.3 is 20.9 Å². The summed E-state index contributed by atoms with van der Waals surface area (Å²) in [6.45, 7) is 4.87. The fourth-order valence-electron chi connectivity index (χ4n) is 3.83. The molecule has 1 atom stereocenters. The lowest BCUT2D eigenvalue weighted by molar-refractivity contribution is -0.137. The van der Waals surface area contributed by atoms with Crippen molar-refractivity contribution in [3.8, 4) is 11.3 Å². The van der Waals surface area contributed by atoms with Crippen molar-refractivity contribution in [2.75, 3.05) is 17.2 Å². The van der Waals surface area contributed by atoms with Crippen LogP contribution >= 0.6 is 11.6 Å². The van der Waals surface area contributed by atoms with Gasteiger partial charge in [0.25, 0.3) is 0 Å². The first-order chi connectivity index (χ1) is 15.1. The van der Waals surface area contributed by atoms with Crippen LogP contribution in [0.4, 0.5) is 24.8 Å². The number of carbonyl (C=O) groups excluding carboxylic acids is 1. The van der Waals surface area contributed by atoms with E-state index in [1.165, 1.54) is 12.3 Å². The van der Waals surface area contributed by atoms with Gasteiger partial charge in [-0.1, -0.05) is 11.6 Å². The number of hydrogen-bond acceptors (Lipinski definition) is 5. The summed E-state index contributed by atoms with van der Waals surface area (Å²) in [6, 6.07) is 3.11. The van der Waals surface area contributed by atoms with E-state index in [1.54, 1.807) is 6.07 Å². The van der Waals surface area contributed by atoms with Crippen LogP contribution < -0.4 is 16.0 Å². The molecule has 0 spiro atoms. The molecule has 4 rings (SSSR count). The molecule has 7 nitrogen and oxygen atoms in total. The maximum absolute atomic E-state index is 13.8. The summed E-state index contributed by atoms with van der Waals surface area (Å²) in [5.41, 5.74) is -0.203. The topological polar surface area (TPSA) is 94.7 Å². The van der Waals surface area contributed by atoms with Gasteiger partial charge >= 0.3 is 6.18 Å². The lowest BCUT2D eigenvalue weighted by Crippen LogP contribution is -2.50. The van der Waals surface area contributed by atoms with Crippen molar-refractivity contribution in [2.45, 2.75) is 44.4 Å². The molecule has 3 aromatic rings. The molecule has 4 N–H and O–H groups in total. The number of halogens is 4. The average molecular weight is 467 g/mol. The van der Waals surface area contributed by atoms with Gasteiger partial charge in [0.2, 0.25) is 12.4 Å². The highest BCUT2D eigenvalue weighted by Crippen LogP contribution is 2.41. The molecule has 1 fully saturated rings. The highest BCUT2D eigenvalue weighted by atomic mass is 35.5. The first kappa shape index (κ1) is 22.3. The lowest BCUT2D eigenvalue weighted by atomic mass is 9.91. The van der Waals surface area contributed by atoms with Crippen LogP contribution in [0.15, 0.2) is 24.5 Å². The van der Waals surface area contributed by atoms with Crippen LogP contribution in [0, 0.1) is 0 Å². The number of nitrogens with one attached hydrogen (secondary N) is 4. The largest absolute Gasteiger partial charge is 0.419 e. The molecule has 0 aliphatic carbocycles. The average Bonchev–Trinajstić information content (AvgIpc) is 3.16. The van der Waals surface area contributed by atoms with Crippen molar-refractivity contribution in [1.29, 1.82) is 0 Å². The summed E-state index contributed by atoms with van der Waals surface area (Å²) in [7, 11) is 0. The number of fused-ring (bicyclic) bond motifs is 1. The molecule has 170 valence electrons. The summed E-state index contributed by atoms with van der Waals surface area (Å²) in [5, 5.41) is 9.65. The number of benzene rings is 1. The van der Waals surface area contributed by atoms with E-state index in [0.29, 0.717) is 29.5 Å². The van der Waals surface area contributed by atoms with Crippen LogP contribution in [-0.2, 0) is 11.0 Å². The number of piperidine rings is 1. The van der Waals surface area contributed by atoms with E-state index in [-0.39, 0.29) is 33.8 Å². The third-order valence-electron chi connectivity index (χ3n) is 5.63. The van der Waals surface area contributed by atoms with Gasteiger partial charge in [0.1, 0.15) is 5.56 Å². The van der Waals surface area contributed by atoms with E-state index in [0.717, 1.165) is 19.0 Å². The first-order valence-corrected chi connectivity index (χ1v) is 10.4. The number of amides is 1. The van der Waals surface area contributed by atoms with Crippen molar-refractivity contribution in [1.82, 2.24) is 20.3 Å². The molecular formula is C21H22ClF3N6O. The molecule has 3 heterocycles. The number of rotatable bonds is 5. The fraction of sp³-hybridized carbons (Fsp3) is 0.381. The molecule has 1 aromatic carbocycles. The van der Waals surface area contributed by atoms with Crippen LogP contribution in [0.25, 0.3) is 22.2 Å². The summed E-state index contributed by atoms with van der Waals surface area (Å²) in [5.74, 6) is 0.124. The van der Waals surface area contributed by atoms with E-state index in [9.17, 15) is 18.0 Å². The SMILES string of the molecule is CC1(C)CCC(Nc2ncc(C(F)(F)F)c(-c3c[nH]c4c(Cl)c(NC=O)ccc34)n2)CN1. The maximum atomic E-state index is 13.8. The number of aromatic amines is 1. The molecule has 1 aliphatic rings. The van der Waals surface area contributed by atoms with Gasteiger partial charge in [0.15, 0.2) is 0 Å². The van der Waals surface area contributed by atoms with Crippen LogP contribution in [-0.4, -0.2) is 39.5 Å². The minimum atomic E-state index is -4.64. The van der Waals surface area contributed by atoms with E-state index in [4.69, 9.17) is 11.6 Å². The highest BCUT2D eigenvalue weighted by Gasteiger charge is 2.36. The Kier molecular flexibility index (Phi) is 5.76. The molecule has 1 aliphatic heterocycles. The van der Waals surface area contributed by atoms with Gasteiger partial charge in [-0.2, -0.15) is 13.2 Å². The lowest BCUT2D eigenvalue weighted by Gasteiger charge is -2.36. The molecule has 0 radical (unpaired) electrons. The molecule has 11 heteroatoms. The Balaban J connectivity index is 1.74. The third-order valence-corrected chi connectivity index (χ3v) is 6.03. The van der Waals surface area contributed by atoms with Crippen molar-refractivity contribution >= 4 is 40.5 Å². The second-order valence-corrected chi connectivity index (χ2v) is 8.79. The Morgan fingerprint density at radius 3 is 2.75 bits per heavy atom. The fourth-order valence-corrected chi connectivity index (χ4v) is 4.10. The second kappa shape index (κ2) is 8.25. The first-order valence-electron chi connectivity index (χ1n) is 10.0. The van der Waals surface area contributed by atoms with Gasteiger partial charge in [-0.05, 0) is 38.8 Å². The number of anilines is 2. The van der Waals surface area contributed by atoms with Crippen molar-refractivity contribution in [2.24, 2.45) is 0 Å². The van der Waals surface area contributed by atoms with E-state index >= 15 is 0 Å². The Hall–Kier alpha value is -2.85. The molecule has 1 unspecified atom stereocenters. The Labute approximate surface area is 187 Å². The standard InChI is InChI=1S/C21H22ClF3N6O/c1-20(2)6-5-11(7-29-20)30-19-27-9-14(21(23,24)25)17(31-19)13-8-26-18-12(13)3-4-15(16(18)22)28-10-32/h3-4,8-11,26,29H,5-7H2,1-2H3,(H,28,32)(H,27,30,31). The van der Waals surface area contributed by atoms with Gasteiger partial charge in [-0.25, -0.2) is 9.97 Å². The summed E-state index contributed by atoms with van der Waals surface area (Å²) in [6.07, 6.45) is -0.189. The summed E-state index contributed by atoms with van der Waals surface area (Å²) >= 11 is 6.31. The number of carbonyl (C=O) groups is 1. The summed E-state index contributed by atoms with van der Waals surface area (Å²) < 4.78 is 41.3. The van der Waals surface area contributed by atoms with E-state index < -0.39 is 11.7 Å². The number of aromatic nitrogens is 3. The number of nitrogens with zero attached hydrogens (tertiary/aromatic N) is 2. The van der Waals surface area contributed by atoms with E-state index in [1.807, 2.05) is 0 Å². The molecule has 2 aromatic heterocycles. The Bertz CT molecular complexity index is 1150. The minimum Gasteiger partial charge on any atom is -0.359 e. The smallest absolute Gasteiger partial charge is 0.359 e. The van der Waals surface area contributed by atoms with Gasteiger partial charge in [0.05, 0.1) is 21.9 Å². The zero-order valence-electron chi connectivity index (χ0n) is 17.4. The molecule has 32 heavy (non-hydrogen) atoms. The quantitative estimate of drug-likeness (QED) is 0.405. The minimum absolute atomic E-state index is 0.00185. The number of hydrogen-bond donors (Lipinski definition) is 4. The van der Waals surface area contributed by atoms with Crippen LogP contribution in [0.5, 0.6) is 0 Å². The van der Waals surface area contributed by atoms with Crippen LogP contribution in [0.2, 0.25) is 5.02 Å². The molecular weight excluding hydrogens is 445 g/mol. The van der Waals surface area contributed by atoms with Crippen LogP contribution in [0.3, 0.4) is 0 Å². The van der Waals surface area contributed by atoms with Crippen molar-refractivity contribution in [3.63, 3.8) is 0 Å². The van der Waals surface area contributed by atoms with E-state index in [2.05, 4.69) is 44.7 Å². The molecule has 0 saturated carbocycles. The van der Waals surface area contributed by atoms with Gasteiger partial charge in [-0.3, -0.25) is 4.79 Å². The van der Waals surface area contributed by atoms with Gasteiger partial charge in [0, 0.05) is 41.5 Å². The third kappa shape index (κ3) is 4.37. The zero-order chi connectivity index (χ0) is 23.1. The monoisotopic (exact) mass is 466 g/mol. The zero-order valence-corrected chi connectivity index (χ0v) is 18.2. The maximum Gasteiger partial charge on any atom is 0.419 e. The predicted molar refractivity (Wildman–Crippen MR) is 118 cm³/mol. The number of alkyl halides is 3. The molecule has 0 bridgehead atoms. The Morgan fingerprint density at radius 2 is 2.09 bits per heavy atom. The second-order valence-electron chi connectivity index (χ2n) is 8.41. The Morgan fingerprint density at radius 1 is 1.31 bits per heavy atom. The van der Waals surface area contributed by atoms with Gasteiger partial charge in [-0.15, -0.1) is 0 Å². The molecule has 1 amide bonds. The summed E-state index contributed by atoms with van der Waals surface area (Å²) in [4.78, 5) is 21.8. The highest BCUT2D eigenvalue weighted by molar-refractivity contribution is 6.38. The normalized spacial score (nSPS) is 18.5. The molecule has 1 saturated heterocycles.